The van der Waals surface area contributed by atoms with E-state index in [9.17, 15) is 0 Å². The molecule has 0 amide bonds. The van der Waals surface area contributed by atoms with E-state index in [2.05, 4.69) is 41.5 Å². The number of nitrogen functional groups attached to an aromatic ring is 1. The van der Waals surface area contributed by atoms with E-state index in [1.165, 1.54) is 11.1 Å². The molecule has 0 saturated carbocycles. The number of aromatic nitrogens is 1. The SMILES string of the molecule is Cc1ccc(CNc2cc(C)c(N)cn2)cc1. The maximum absolute atomic E-state index is 5.72. The molecule has 1 aromatic heterocycles. The van der Waals surface area contributed by atoms with Gasteiger partial charge in [-0.05, 0) is 31.0 Å². The third-order valence-corrected chi connectivity index (χ3v) is 2.75. The van der Waals surface area contributed by atoms with E-state index in [4.69, 9.17) is 5.73 Å². The van der Waals surface area contributed by atoms with Gasteiger partial charge in [-0.25, -0.2) is 4.98 Å². The monoisotopic (exact) mass is 227 g/mol. The summed E-state index contributed by atoms with van der Waals surface area (Å²) in [6, 6.07) is 10.4. The molecule has 0 unspecified atom stereocenters. The van der Waals surface area contributed by atoms with E-state index in [1.54, 1.807) is 6.20 Å². The van der Waals surface area contributed by atoms with Crippen LogP contribution in [-0.2, 0) is 6.54 Å². The van der Waals surface area contributed by atoms with Crippen LogP contribution in [0.3, 0.4) is 0 Å². The highest BCUT2D eigenvalue weighted by Crippen LogP contribution is 2.14. The summed E-state index contributed by atoms with van der Waals surface area (Å²) >= 11 is 0. The first-order valence-electron chi connectivity index (χ1n) is 5.66. The average molecular weight is 227 g/mol. The number of anilines is 2. The first-order valence-corrected chi connectivity index (χ1v) is 5.66. The Hall–Kier alpha value is -2.03. The van der Waals surface area contributed by atoms with Crippen LogP contribution in [0.2, 0.25) is 0 Å². The topological polar surface area (TPSA) is 50.9 Å². The summed E-state index contributed by atoms with van der Waals surface area (Å²) in [7, 11) is 0. The number of nitrogens with zero attached hydrogens (tertiary/aromatic N) is 1. The summed E-state index contributed by atoms with van der Waals surface area (Å²) in [6.45, 7) is 4.84. The molecule has 3 nitrogen and oxygen atoms in total. The zero-order chi connectivity index (χ0) is 12.3. The summed E-state index contributed by atoms with van der Waals surface area (Å²) in [6.07, 6.45) is 1.69. The van der Waals surface area contributed by atoms with Crippen molar-refractivity contribution in [1.82, 2.24) is 4.98 Å². The van der Waals surface area contributed by atoms with Gasteiger partial charge in [0, 0.05) is 6.54 Å². The molecule has 2 aromatic rings. The molecule has 0 aliphatic carbocycles. The maximum Gasteiger partial charge on any atom is 0.126 e. The van der Waals surface area contributed by atoms with Crippen LogP contribution in [0.5, 0.6) is 0 Å². The lowest BCUT2D eigenvalue weighted by atomic mass is 10.1. The fourth-order valence-corrected chi connectivity index (χ4v) is 1.56. The van der Waals surface area contributed by atoms with Crippen molar-refractivity contribution in [3.05, 3.63) is 53.2 Å². The maximum atomic E-state index is 5.72. The van der Waals surface area contributed by atoms with Crippen molar-refractivity contribution >= 4 is 11.5 Å². The first-order chi connectivity index (χ1) is 8.15. The van der Waals surface area contributed by atoms with Crippen LogP contribution in [0.15, 0.2) is 36.5 Å². The van der Waals surface area contributed by atoms with Crippen LogP contribution < -0.4 is 11.1 Å². The third-order valence-electron chi connectivity index (χ3n) is 2.75. The minimum atomic E-state index is 0.728. The number of hydrogen-bond donors (Lipinski definition) is 2. The van der Waals surface area contributed by atoms with Crippen molar-refractivity contribution < 1.29 is 0 Å². The molecule has 0 radical (unpaired) electrons. The van der Waals surface area contributed by atoms with Crippen molar-refractivity contribution in [1.29, 1.82) is 0 Å². The Balaban J connectivity index is 2.02. The molecule has 0 bridgehead atoms. The molecule has 17 heavy (non-hydrogen) atoms. The number of rotatable bonds is 3. The number of pyridine rings is 1. The van der Waals surface area contributed by atoms with Gasteiger partial charge >= 0.3 is 0 Å². The van der Waals surface area contributed by atoms with E-state index in [-0.39, 0.29) is 0 Å². The van der Waals surface area contributed by atoms with Gasteiger partial charge in [-0.2, -0.15) is 0 Å². The fraction of sp³-hybridized carbons (Fsp3) is 0.214. The van der Waals surface area contributed by atoms with Crippen molar-refractivity contribution in [2.45, 2.75) is 20.4 Å². The smallest absolute Gasteiger partial charge is 0.126 e. The zero-order valence-electron chi connectivity index (χ0n) is 10.2. The summed E-state index contributed by atoms with van der Waals surface area (Å²) in [5.74, 6) is 0.859. The number of aryl methyl sites for hydroxylation is 2. The number of hydrogen-bond acceptors (Lipinski definition) is 3. The summed E-state index contributed by atoms with van der Waals surface area (Å²) in [5, 5.41) is 3.28. The van der Waals surface area contributed by atoms with Gasteiger partial charge in [0.15, 0.2) is 0 Å². The van der Waals surface area contributed by atoms with Crippen molar-refractivity contribution in [2.75, 3.05) is 11.1 Å². The molecule has 88 valence electrons. The van der Waals surface area contributed by atoms with Gasteiger partial charge in [0.2, 0.25) is 0 Å². The molecule has 2 rings (SSSR count). The summed E-state index contributed by atoms with van der Waals surface area (Å²) in [5.41, 5.74) is 10.0. The van der Waals surface area contributed by atoms with Crippen LogP contribution in [0.1, 0.15) is 16.7 Å². The zero-order valence-corrected chi connectivity index (χ0v) is 10.2. The van der Waals surface area contributed by atoms with Gasteiger partial charge in [-0.1, -0.05) is 29.8 Å². The second-order valence-corrected chi connectivity index (χ2v) is 4.27. The lowest BCUT2D eigenvalue weighted by Crippen LogP contribution is -2.02. The van der Waals surface area contributed by atoms with Gasteiger partial charge in [-0.3, -0.25) is 0 Å². The van der Waals surface area contributed by atoms with E-state index in [0.717, 1.165) is 23.6 Å². The minimum absolute atomic E-state index is 0.728. The molecule has 1 aromatic carbocycles. The highest BCUT2D eigenvalue weighted by Gasteiger charge is 1.98. The second kappa shape index (κ2) is 4.87. The Morgan fingerprint density at radius 2 is 1.88 bits per heavy atom. The third kappa shape index (κ3) is 2.97. The Labute approximate surface area is 102 Å². The molecule has 0 aliphatic rings. The molecule has 0 atom stereocenters. The molecular formula is C14H17N3. The molecule has 0 saturated heterocycles. The van der Waals surface area contributed by atoms with Crippen LogP contribution in [-0.4, -0.2) is 4.98 Å². The Kier molecular flexibility index (Phi) is 3.28. The molecule has 0 aliphatic heterocycles. The number of nitrogens with one attached hydrogen (secondary N) is 1. The van der Waals surface area contributed by atoms with Crippen LogP contribution >= 0.6 is 0 Å². The molecule has 3 heteroatoms. The van der Waals surface area contributed by atoms with Gasteiger partial charge < -0.3 is 11.1 Å². The van der Waals surface area contributed by atoms with Crippen molar-refractivity contribution in [2.24, 2.45) is 0 Å². The summed E-state index contributed by atoms with van der Waals surface area (Å²) < 4.78 is 0. The van der Waals surface area contributed by atoms with E-state index in [0.29, 0.717) is 0 Å². The van der Waals surface area contributed by atoms with Crippen LogP contribution in [0, 0.1) is 13.8 Å². The second-order valence-electron chi connectivity index (χ2n) is 4.27. The Morgan fingerprint density at radius 1 is 1.18 bits per heavy atom. The highest BCUT2D eigenvalue weighted by atomic mass is 15.0. The largest absolute Gasteiger partial charge is 0.397 e. The first kappa shape index (κ1) is 11.5. The van der Waals surface area contributed by atoms with E-state index in [1.807, 2.05) is 13.0 Å². The van der Waals surface area contributed by atoms with Gasteiger partial charge in [-0.15, -0.1) is 0 Å². The van der Waals surface area contributed by atoms with Gasteiger partial charge in [0.05, 0.1) is 11.9 Å². The van der Waals surface area contributed by atoms with Crippen LogP contribution in [0.4, 0.5) is 11.5 Å². The molecule has 3 N–H and O–H groups in total. The lowest BCUT2D eigenvalue weighted by Gasteiger charge is -2.07. The molecule has 0 spiro atoms. The van der Waals surface area contributed by atoms with Crippen molar-refractivity contribution in [3.63, 3.8) is 0 Å². The highest BCUT2D eigenvalue weighted by molar-refractivity contribution is 5.51. The average Bonchev–Trinajstić information content (AvgIpc) is 2.33. The summed E-state index contributed by atoms with van der Waals surface area (Å²) in [4.78, 5) is 4.24. The molecular weight excluding hydrogens is 210 g/mol. The van der Waals surface area contributed by atoms with Crippen molar-refractivity contribution in [3.8, 4) is 0 Å². The number of nitrogens with two attached hydrogens (primary N) is 1. The molecule has 1 heterocycles. The standard InChI is InChI=1S/C14H17N3/c1-10-3-5-12(6-4-10)8-16-14-7-11(2)13(15)9-17-14/h3-7,9H,8,15H2,1-2H3,(H,16,17). The fourth-order valence-electron chi connectivity index (χ4n) is 1.56. The number of benzene rings is 1. The lowest BCUT2D eigenvalue weighted by molar-refractivity contribution is 1.10. The Morgan fingerprint density at radius 3 is 2.53 bits per heavy atom. The van der Waals surface area contributed by atoms with Gasteiger partial charge in [0.25, 0.3) is 0 Å². The van der Waals surface area contributed by atoms with Crippen LogP contribution in [0.25, 0.3) is 0 Å². The Bertz CT molecular complexity index is 503. The van der Waals surface area contributed by atoms with E-state index < -0.39 is 0 Å². The van der Waals surface area contributed by atoms with E-state index >= 15 is 0 Å². The minimum Gasteiger partial charge on any atom is -0.397 e. The predicted octanol–water partition coefficient (Wildman–Crippen LogP) is 2.89. The quantitative estimate of drug-likeness (QED) is 0.847. The van der Waals surface area contributed by atoms with Gasteiger partial charge in [0.1, 0.15) is 5.82 Å². The normalized spacial score (nSPS) is 10.2. The predicted molar refractivity (Wildman–Crippen MR) is 71.9 cm³/mol. The molecule has 0 fully saturated rings.